The Balaban J connectivity index is 2.09. The van der Waals surface area contributed by atoms with Gasteiger partial charge in [-0.3, -0.25) is 4.68 Å². The minimum Gasteiger partial charge on any atom is -0.480 e. The maximum atomic E-state index is 5.50. The van der Waals surface area contributed by atoms with Crippen LogP contribution in [0.4, 0.5) is 0 Å². The normalized spacial score (nSPS) is 12.7. The Labute approximate surface area is 131 Å². The Morgan fingerprint density at radius 3 is 2.86 bits per heavy atom. The first-order valence-electron chi connectivity index (χ1n) is 7.88. The van der Waals surface area contributed by atoms with Gasteiger partial charge >= 0.3 is 0 Å². The fourth-order valence-electron chi connectivity index (χ4n) is 3.15. The highest BCUT2D eigenvalue weighted by molar-refractivity contribution is 5.84. The van der Waals surface area contributed by atoms with Crippen LogP contribution in [0.15, 0.2) is 36.7 Å². The summed E-state index contributed by atoms with van der Waals surface area (Å²) < 4.78 is 7.33. The summed E-state index contributed by atoms with van der Waals surface area (Å²) in [7, 11) is 3.63. The summed E-state index contributed by atoms with van der Waals surface area (Å²) in [6.45, 7) is 2.23. The van der Waals surface area contributed by atoms with Crippen molar-refractivity contribution in [3.05, 3.63) is 47.8 Å². The average molecular weight is 297 g/mol. The number of fused-ring (bicyclic) bond motifs is 1. The Morgan fingerprint density at radius 1 is 1.27 bits per heavy atom. The number of unbranched alkanes of at least 4 members (excludes halogenated alkanes) is 1. The molecule has 1 N–H and O–H groups in total. The molecule has 0 aliphatic carbocycles. The van der Waals surface area contributed by atoms with E-state index < -0.39 is 0 Å². The number of methoxy groups -OCH3 is 1. The van der Waals surface area contributed by atoms with Crippen molar-refractivity contribution in [3.8, 4) is 5.88 Å². The zero-order valence-corrected chi connectivity index (χ0v) is 13.5. The summed E-state index contributed by atoms with van der Waals surface area (Å²) >= 11 is 0. The lowest BCUT2D eigenvalue weighted by Crippen LogP contribution is -2.02. The predicted octanol–water partition coefficient (Wildman–Crippen LogP) is 4.23. The topological polar surface area (TPSA) is 42.8 Å². The Kier molecular flexibility index (Phi) is 4.18. The molecule has 22 heavy (non-hydrogen) atoms. The first-order chi connectivity index (χ1) is 10.7. The Morgan fingerprint density at radius 2 is 2.09 bits per heavy atom. The summed E-state index contributed by atoms with van der Waals surface area (Å²) in [4.78, 5) is 3.39. The molecule has 0 amide bonds. The van der Waals surface area contributed by atoms with Gasteiger partial charge in [-0.1, -0.05) is 38.0 Å². The number of aromatic amines is 1. The molecule has 2 aromatic heterocycles. The minimum atomic E-state index is 0.305. The molecule has 4 nitrogen and oxygen atoms in total. The van der Waals surface area contributed by atoms with E-state index in [9.17, 15) is 0 Å². The molecule has 4 heteroatoms. The zero-order valence-electron chi connectivity index (χ0n) is 13.5. The van der Waals surface area contributed by atoms with E-state index in [0.29, 0.717) is 5.92 Å². The van der Waals surface area contributed by atoms with Crippen LogP contribution in [0.2, 0.25) is 0 Å². The van der Waals surface area contributed by atoms with E-state index >= 15 is 0 Å². The fraction of sp³-hybridized carbons (Fsp3) is 0.389. The first kappa shape index (κ1) is 14.7. The molecule has 0 aliphatic heterocycles. The zero-order chi connectivity index (χ0) is 15.5. The predicted molar refractivity (Wildman–Crippen MR) is 89.4 cm³/mol. The van der Waals surface area contributed by atoms with Crippen molar-refractivity contribution in [3.63, 3.8) is 0 Å². The monoisotopic (exact) mass is 297 g/mol. The van der Waals surface area contributed by atoms with Crippen molar-refractivity contribution in [1.82, 2.24) is 14.8 Å². The second-order valence-electron chi connectivity index (χ2n) is 5.75. The van der Waals surface area contributed by atoms with Crippen LogP contribution in [-0.2, 0) is 7.05 Å². The molecule has 0 bridgehead atoms. The number of H-pyrrole nitrogens is 1. The van der Waals surface area contributed by atoms with Gasteiger partial charge in [0.1, 0.15) is 0 Å². The summed E-state index contributed by atoms with van der Waals surface area (Å²) in [5.41, 5.74) is 3.68. The maximum Gasteiger partial charge on any atom is 0.236 e. The molecule has 3 aromatic rings. The van der Waals surface area contributed by atoms with Crippen LogP contribution in [0, 0.1) is 0 Å². The molecular weight excluding hydrogens is 274 g/mol. The van der Waals surface area contributed by atoms with Crippen LogP contribution in [0.5, 0.6) is 5.88 Å². The van der Waals surface area contributed by atoms with E-state index in [1.165, 1.54) is 34.9 Å². The van der Waals surface area contributed by atoms with Crippen molar-refractivity contribution >= 4 is 10.9 Å². The third-order valence-corrected chi connectivity index (χ3v) is 4.23. The Bertz CT molecular complexity index is 757. The molecule has 1 atom stereocenters. The van der Waals surface area contributed by atoms with Crippen molar-refractivity contribution in [1.29, 1.82) is 0 Å². The quantitative estimate of drug-likeness (QED) is 0.739. The van der Waals surface area contributed by atoms with Crippen LogP contribution in [0.3, 0.4) is 0 Å². The summed E-state index contributed by atoms with van der Waals surface area (Å²) in [6, 6.07) is 8.46. The number of rotatable bonds is 6. The van der Waals surface area contributed by atoms with Crippen LogP contribution in [0.25, 0.3) is 10.9 Å². The van der Waals surface area contributed by atoms with Crippen molar-refractivity contribution < 1.29 is 4.74 Å². The molecule has 1 aromatic carbocycles. The smallest absolute Gasteiger partial charge is 0.236 e. The number of hydrogen-bond donors (Lipinski definition) is 1. The number of aryl methyl sites for hydroxylation is 1. The maximum absolute atomic E-state index is 5.50. The SMILES string of the molecule is CCCCC(c1cn(C)nc1OC)c1c[nH]c2ccccc12. The van der Waals surface area contributed by atoms with Gasteiger partial charge in [-0.15, -0.1) is 5.10 Å². The van der Waals surface area contributed by atoms with Gasteiger partial charge in [0, 0.05) is 41.8 Å². The number of hydrogen-bond acceptors (Lipinski definition) is 2. The van der Waals surface area contributed by atoms with Crippen LogP contribution >= 0.6 is 0 Å². The van der Waals surface area contributed by atoms with Crippen molar-refractivity contribution in [2.24, 2.45) is 7.05 Å². The van der Waals surface area contributed by atoms with Crippen LogP contribution < -0.4 is 4.74 Å². The fourth-order valence-corrected chi connectivity index (χ4v) is 3.15. The van der Waals surface area contributed by atoms with Crippen molar-refractivity contribution in [2.45, 2.75) is 32.1 Å². The summed E-state index contributed by atoms with van der Waals surface area (Å²) in [5, 5.41) is 5.72. The van der Waals surface area contributed by atoms with Gasteiger partial charge in [-0.2, -0.15) is 0 Å². The van der Waals surface area contributed by atoms with E-state index in [4.69, 9.17) is 4.74 Å². The highest BCUT2D eigenvalue weighted by Crippen LogP contribution is 2.38. The van der Waals surface area contributed by atoms with E-state index in [1.807, 2.05) is 11.7 Å². The van der Waals surface area contributed by atoms with Gasteiger partial charge in [0.05, 0.1) is 7.11 Å². The minimum absolute atomic E-state index is 0.305. The molecular formula is C18H23N3O. The van der Waals surface area contributed by atoms with Crippen molar-refractivity contribution in [2.75, 3.05) is 7.11 Å². The molecule has 0 fully saturated rings. The van der Waals surface area contributed by atoms with Gasteiger partial charge in [-0.05, 0) is 18.1 Å². The van der Waals surface area contributed by atoms with E-state index in [0.717, 1.165) is 12.3 Å². The van der Waals surface area contributed by atoms with Gasteiger partial charge in [0.15, 0.2) is 0 Å². The molecule has 0 radical (unpaired) electrons. The lowest BCUT2D eigenvalue weighted by atomic mass is 9.88. The molecule has 0 saturated carbocycles. The highest BCUT2D eigenvalue weighted by Gasteiger charge is 2.23. The number of nitrogens with zero attached hydrogens (tertiary/aromatic N) is 2. The lowest BCUT2D eigenvalue weighted by molar-refractivity contribution is 0.385. The number of benzene rings is 1. The summed E-state index contributed by atoms with van der Waals surface area (Å²) in [5.74, 6) is 1.04. The largest absolute Gasteiger partial charge is 0.480 e. The number of nitrogens with one attached hydrogen (secondary N) is 1. The summed E-state index contributed by atoms with van der Waals surface area (Å²) in [6.07, 6.45) is 7.68. The third kappa shape index (κ3) is 2.61. The van der Waals surface area contributed by atoms with Crippen LogP contribution in [0.1, 0.15) is 43.2 Å². The average Bonchev–Trinajstić information content (AvgIpc) is 3.12. The molecule has 1 unspecified atom stereocenters. The van der Waals surface area contributed by atoms with Gasteiger partial charge in [-0.25, -0.2) is 0 Å². The lowest BCUT2D eigenvalue weighted by Gasteiger charge is -2.16. The standard InChI is InChI=1S/C18H23N3O/c1-4-5-8-13(16-12-21(2)20-18(16)22-3)15-11-19-17-10-7-6-9-14(15)17/h6-7,9-13,19H,4-5,8H2,1-3H3. The molecule has 2 heterocycles. The number of para-hydroxylation sites is 1. The molecule has 3 rings (SSSR count). The molecule has 0 saturated heterocycles. The number of ether oxygens (including phenoxy) is 1. The van der Waals surface area contributed by atoms with Crippen LogP contribution in [-0.4, -0.2) is 21.9 Å². The van der Waals surface area contributed by atoms with E-state index in [2.05, 4.69) is 53.7 Å². The molecule has 0 spiro atoms. The second-order valence-corrected chi connectivity index (χ2v) is 5.75. The number of aromatic nitrogens is 3. The highest BCUT2D eigenvalue weighted by atomic mass is 16.5. The van der Waals surface area contributed by atoms with E-state index in [1.54, 1.807) is 7.11 Å². The third-order valence-electron chi connectivity index (χ3n) is 4.23. The molecule has 0 aliphatic rings. The second kappa shape index (κ2) is 6.26. The van der Waals surface area contributed by atoms with E-state index in [-0.39, 0.29) is 0 Å². The molecule has 116 valence electrons. The van der Waals surface area contributed by atoms with Gasteiger partial charge < -0.3 is 9.72 Å². The van der Waals surface area contributed by atoms with Gasteiger partial charge in [0.2, 0.25) is 5.88 Å². The Hall–Kier alpha value is -2.23. The first-order valence-corrected chi connectivity index (χ1v) is 7.88. The van der Waals surface area contributed by atoms with Gasteiger partial charge in [0.25, 0.3) is 0 Å².